The van der Waals surface area contributed by atoms with Gasteiger partial charge in [0.25, 0.3) is 5.91 Å². The molecule has 1 aliphatic heterocycles. The number of carbonyl (C=O) groups is 1. The van der Waals surface area contributed by atoms with E-state index in [9.17, 15) is 9.90 Å². The lowest BCUT2D eigenvalue weighted by Crippen LogP contribution is -2.47. The summed E-state index contributed by atoms with van der Waals surface area (Å²) in [6.45, 7) is 0.669. The van der Waals surface area contributed by atoms with Gasteiger partial charge in [0.15, 0.2) is 0 Å². The van der Waals surface area contributed by atoms with Gasteiger partial charge in [0.05, 0.1) is 31.0 Å². The SMILES string of the molecule is Cn1cc(C(NC(=O)c2cccc3c2OCC3)C2(CO)CCC2)cn1. The highest BCUT2D eigenvalue weighted by Gasteiger charge is 2.45. The number of aryl methyl sites for hydroxylation is 1. The minimum atomic E-state index is -0.308. The van der Waals surface area contributed by atoms with Crippen LogP contribution in [-0.4, -0.2) is 34.0 Å². The van der Waals surface area contributed by atoms with Gasteiger partial charge in [-0.05, 0) is 24.5 Å². The van der Waals surface area contributed by atoms with Crippen molar-refractivity contribution >= 4 is 5.91 Å². The summed E-state index contributed by atoms with van der Waals surface area (Å²) >= 11 is 0. The molecule has 1 aromatic heterocycles. The molecule has 1 saturated carbocycles. The molecule has 1 amide bonds. The molecule has 1 atom stereocenters. The Hall–Kier alpha value is -2.34. The second-order valence-electron chi connectivity index (χ2n) is 7.12. The van der Waals surface area contributed by atoms with E-state index in [2.05, 4.69) is 10.4 Å². The van der Waals surface area contributed by atoms with E-state index >= 15 is 0 Å². The van der Waals surface area contributed by atoms with E-state index in [1.54, 1.807) is 16.9 Å². The number of rotatable bonds is 5. The third-order valence-corrected chi connectivity index (χ3v) is 5.57. The molecule has 2 heterocycles. The van der Waals surface area contributed by atoms with E-state index in [4.69, 9.17) is 4.74 Å². The van der Waals surface area contributed by atoms with Crippen LogP contribution in [0.25, 0.3) is 0 Å². The maximum absolute atomic E-state index is 13.0. The Balaban J connectivity index is 1.65. The van der Waals surface area contributed by atoms with Gasteiger partial charge in [-0.2, -0.15) is 5.10 Å². The zero-order valence-corrected chi connectivity index (χ0v) is 14.4. The molecule has 2 aliphatic rings. The fourth-order valence-electron chi connectivity index (χ4n) is 3.95. The topological polar surface area (TPSA) is 76.4 Å². The van der Waals surface area contributed by atoms with Gasteiger partial charge in [-0.15, -0.1) is 0 Å². The molecule has 2 N–H and O–H groups in total. The molecule has 132 valence electrons. The van der Waals surface area contributed by atoms with Crippen LogP contribution in [0.2, 0.25) is 0 Å². The van der Waals surface area contributed by atoms with E-state index in [1.165, 1.54) is 0 Å². The first-order valence-electron chi connectivity index (χ1n) is 8.78. The molecule has 0 spiro atoms. The van der Waals surface area contributed by atoms with Gasteiger partial charge in [-0.3, -0.25) is 9.48 Å². The highest BCUT2D eigenvalue weighted by Crippen LogP contribution is 2.50. The van der Waals surface area contributed by atoms with Crippen molar-refractivity contribution < 1.29 is 14.6 Å². The summed E-state index contributed by atoms with van der Waals surface area (Å²) < 4.78 is 7.39. The third kappa shape index (κ3) is 2.70. The molecule has 1 aromatic carbocycles. The number of aliphatic hydroxyl groups excluding tert-OH is 1. The first-order chi connectivity index (χ1) is 12.1. The molecule has 1 aliphatic carbocycles. The fraction of sp³-hybridized carbons (Fsp3) is 0.474. The number of ether oxygens (including phenoxy) is 1. The summed E-state index contributed by atoms with van der Waals surface area (Å²) in [6, 6.07) is 5.43. The summed E-state index contributed by atoms with van der Waals surface area (Å²) in [7, 11) is 1.85. The number of nitrogens with zero attached hydrogens (tertiary/aromatic N) is 2. The minimum absolute atomic E-state index is 0.0518. The standard InChI is InChI=1S/C19H23N3O3/c1-22-11-14(10-20-22)17(19(12-23)7-3-8-19)21-18(24)15-5-2-4-13-6-9-25-16(13)15/h2,4-5,10-11,17,23H,3,6-9,12H2,1H3,(H,21,24). The lowest BCUT2D eigenvalue weighted by atomic mass is 9.63. The number of aromatic nitrogens is 2. The van der Waals surface area contributed by atoms with Gasteiger partial charge in [0.2, 0.25) is 0 Å². The number of hydrogen-bond donors (Lipinski definition) is 2. The van der Waals surface area contributed by atoms with Gasteiger partial charge >= 0.3 is 0 Å². The van der Waals surface area contributed by atoms with Crippen molar-refractivity contribution in [3.8, 4) is 5.75 Å². The van der Waals surface area contributed by atoms with Crippen LogP contribution in [0.3, 0.4) is 0 Å². The van der Waals surface area contributed by atoms with Gasteiger partial charge in [0.1, 0.15) is 5.75 Å². The van der Waals surface area contributed by atoms with Crippen molar-refractivity contribution in [1.29, 1.82) is 0 Å². The highest BCUT2D eigenvalue weighted by atomic mass is 16.5. The van der Waals surface area contributed by atoms with E-state index in [1.807, 2.05) is 25.4 Å². The Morgan fingerprint density at radius 1 is 1.48 bits per heavy atom. The van der Waals surface area contributed by atoms with Gasteiger partial charge in [-0.25, -0.2) is 0 Å². The van der Waals surface area contributed by atoms with Crippen LogP contribution in [-0.2, 0) is 13.5 Å². The van der Waals surface area contributed by atoms with E-state index in [0.29, 0.717) is 17.9 Å². The number of carbonyl (C=O) groups excluding carboxylic acids is 1. The Morgan fingerprint density at radius 2 is 2.32 bits per heavy atom. The number of amides is 1. The van der Waals surface area contributed by atoms with Crippen molar-refractivity contribution in [3.63, 3.8) is 0 Å². The molecule has 0 saturated heterocycles. The number of aliphatic hydroxyl groups is 1. The highest BCUT2D eigenvalue weighted by molar-refractivity contribution is 5.97. The van der Waals surface area contributed by atoms with E-state index in [-0.39, 0.29) is 24.0 Å². The van der Waals surface area contributed by atoms with Crippen LogP contribution >= 0.6 is 0 Å². The Bertz CT molecular complexity index is 789. The first kappa shape index (κ1) is 16.1. The van der Waals surface area contributed by atoms with Crippen LogP contribution in [0.15, 0.2) is 30.6 Å². The Morgan fingerprint density at radius 3 is 2.96 bits per heavy atom. The fourth-order valence-corrected chi connectivity index (χ4v) is 3.95. The lowest BCUT2D eigenvalue weighted by Gasteiger charge is -2.46. The van der Waals surface area contributed by atoms with Crippen LogP contribution in [0.1, 0.15) is 46.8 Å². The predicted molar refractivity (Wildman–Crippen MR) is 92.4 cm³/mol. The molecule has 0 radical (unpaired) electrons. The number of hydrogen-bond acceptors (Lipinski definition) is 4. The van der Waals surface area contributed by atoms with Gasteiger partial charge in [0, 0.05) is 30.6 Å². The predicted octanol–water partition coefficient (Wildman–Crippen LogP) is 1.99. The van der Waals surface area contributed by atoms with Crippen molar-refractivity contribution in [2.45, 2.75) is 31.7 Å². The maximum Gasteiger partial charge on any atom is 0.255 e. The van der Waals surface area contributed by atoms with Crippen LogP contribution < -0.4 is 10.1 Å². The number of fused-ring (bicyclic) bond motifs is 1. The molecule has 25 heavy (non-hydrogen) atoms. The molecule has 6 heteroatoms. The molecular weight excluding hydrogens is 318 g/mol. The summed E-state index contributed by atoms with van der Waals surface area (Å²) in [6.07, 6.45) is 7.37. The van der Waals surface area contributed by atoms with Crippen molar-refractivity contribution in [2.24, 2.45) is 12.5 Å². The summed E-state index contributed by atoms with van der Waals surface area (Å²) in [5.41, 5.74) is 2.26. The molecule has 0 bridgehead atoms. The normalized spacial score (nSPS) is 18.8. The average molecular weight is 341 g/mol. The van der Waals surface area contributed by atoms with Crippen LogP contribution in [0.4, 0.5) is 0 Å². The molecule has 2 aromatic rings. The largest absolute Gasteiger partial charge is 0.492 e. The molecular formula is C19H23N3O3. The second kappa shape index (κ2) is 6.19. The zero-order valence-electron chi connectivity index (χ0n) is 14.4. The third-order valence-electron chi connectivity index (χ3n) is 5.57. The quantitative estimate of drug-likeness (QED) is 0.872. The summed E-state index contributed by atoms with van der Waals surface area (Å²) in [5, 5.41) is 17.4. The van der Waals surface area contributed by atoms with Crippen LogP contribution in [0.5, 0.6) is 5.75 Å². The van der Waals surface area contributed by atoms with Crippen molar-refractivity contribution in [2.75, 3.05) is 13.2 Å². The molecule has 4 rings (SSSR count). The molecule has 1 fully saturated rings. The zero-order chi connectivity index (χ0) is 17.4. The van der Waals surface area contributed by atoms with Crippen molar-refractivity contribution in [3.05, 3.63) is 47.3 Å². The molecule has 1 unspecified atom stereocenters. The smallest absolute Gasteiger partial charge is 0.255 e. The summed E-state index contributed by atoms with van der Waals surface area (Å²) in [4.78, 5) is 13.0. The maximum atomic E-state index is 13.0. The number of nitrogens with one attached hydrogen (secondary N) is 1. The van der Waals surface area contributed by atoms with E-state index < -0.39 is 0 Å². The van der Waals surface area contributed by atoms with Gasteiger partial charge in [-0.1, -0.05) is 18.6 Å². The van der Waals surface area contributed by atoms with E-state index in [0.717, 1.165) is 36.8 Å². The second-order valence-corrected chi connectivity index (χ2v) is 7.12. The van der Waals surface area contributed by atoms with Gasteiger partial charge < -0.3 is 15.2 Å². The minimum Gasteiger partial charge on any atom is -0.492 e. The number of benzene rings is 1. The number of para-hydroxylation sites is 1. The molecule has 6 nitrogen and oxygen atoms in total. The Kier molecular flexibility index (Phi) is 4.00. The Labute approximate surface area is 146 Å². The summed E-state index contributed by atoms with van der Waals surface area (Å²) in [5.74, 6) is 0.531. The average Bonchev–Trinajstić information content (AvgIpc) is 3.21. The van der Waals surface area contributed by atoms with Crippen LogP contribution in [0, 0.1) is 5.41 Å². The van der Waals surface area contributed by atoms with Crippen molar-refractivity contribution in [1.82, 2.24) is 15.1 Å². The lowest BCUT2D eigenvalue weighted by molar-refractivity contribution is 0.00595. The monoisotopic (exact) mass is 341 g/mol. The first-order valence-corrected chi connectivity index (χ1v) is 8.78.